The zero-order valence-corrected chi connectivity index (χ0v) is 16.7. The van der Waals surface area contributed by atoms with Crippen LogP contribution in [-0.2, 0) is 11.2 Å². The number of alkyl halides is 1. The largest absolute Gasteiger partial charge is 0.375 e. The number of hydrogen-bond acceptors (Lipinski definition) is 5. The van der Waals surface area contributed by atoms with E-state index in [1.54, 1.807) is 6.20 Å². The number of fused-ring (bicyclic) bond motifs is 3. The highest BCUT2D eigenvalue weighted by Crippen LogP contribution is 2.35. The van der Waals surface area contributed by atoms with E-state index >= 15 is 0 Å². The van der Waals surface area contributed by atoms with Crippen LogP contribution in [0.4, 0.5) is 4.39 Å². The van der Waals surface area contributed by atoms with Crippen molar-refractivity contribution in [2.75, 3.05) is 13.3 Å². The van der Waals surface area contributed by atoms with Gasteiger partial charge in [-0.1, -0.05) is 16.8 Å². The van der Waals surface area contributed by atoms with Crippen molar-refractivity contribution >= 4 is 33.5 Å². The average molecular weight is 415 g/mol. The Bertz CT molecular complexity index is 1190. The molecule has 2 atom stereocenters. The Labute approximate surface area is 171 Å². The van der Waals surface area contributed by atoms with Crippen LogP contribution in [0.1, 0.15) is 36.2 Å². The van der Waals surface area contributed by atoms with Gasteiger partial charge in [0.05, 0.1) is 35.4 Å². The van der Waals surface area contributed by atoms with Crippen LogP contribution >= 0.6 is 11.6 Å². The van der Waals surface area contributed by atoms with E-state index in [9.17, 15) is 4.39 Å². The first-order valence-electron chi connectivity index (χ1n) is 9.67. The monoisotopic (exact) mass is 414 g/mol. The van der Waals surface area contributed by atoms with Crippen molar-refractivity contribution in [2.45, 2.75) is 38.3 Å². The predicted molar refractivity (Wildman–Crippen MR) is 108 cm³/mol. The van der Waals surface area contributed by atoms with Gasteiger partial charge in [-0.2, -0.15) is 0 Å². The van der Waals surface area contributed by atoms with Gasteiger partial charge in [-0.15, -0.1) is 0 Å². The van der Waals surface area contributed by atoms with Gasteiger partial charge in [0.2, 0.25) is 0 Å². The second-order valence-corrected chi connectivity index (χ2v) is 7.92. The summed E-state index contributed by atoms with van der Waals surface area (Å²) in [5.41, 5.74) is 3.42. The van der Waals surface area contributed by atoms with Gasteiger partial charge >= 0.3 is 0 Å². The minimum Gasteiger partial charge on any atom is -0.375 e. The molecule has 0 N–H and O–H groups in total. The standard InChI is InChI=1S/C21H20ClFN4O2/c1-12-6-14(26-29-12)8-20-25-19-11-24-18-3-2-13(22)7-17(18)21(19)27(20)15-4-5-28-16(9-15)10-23/h2-3,6-7,11,15-16H,4-5,8-10H2,1H3/t15?,16-/m0/s1. The second-order valence-electron chi connectivity index (χ2n) is 7.48. The molecule has 6 nitrogen and oxygen atoms in total. The Morgan fingerprint density at radius 3 is 2.97 bits per heavy atom. The molecule has 0 bridgehead atoms. The highest BCUT2D eigenvalue weighted by Gasteiger charge is 2.28. The molecule has 29 heavy (non-hydrogen) atoms. The van der Waals surface area contributed by atoms with Crippen LogP contribution in [0.2, 0.25) is 5.02 Å². The summed E-state index contributed by atoms with van der Waals surface area (Å²) in [6.07, 6.45) is 3.29. The Kier molecular flexibility index (Phi) is 4.72. The van der Waals surface area contributed by atoms with Crippen LogP contribution in [0.5, 0.6) is 0 Å². The number of ether oxygens (including phenoxy) is 1. The van der Waals surface area contributed by atoms with Crippen LogP contribution in [0.3, 0.4) is 0 Å². The van der Waals surface area contributed by atoms with Crippen LogP contribution in [0.25, 0.3) is 21.9 Å². The van der Waals surface area contributed by atoms with Gasteiger partial charge in [-0.3, -0.25) is 4.98 Å². The molecule has 1 fully saturated rings. The third kappa shape index (κ3) is 3.38. The Morgan fingerprint density at radius 1 is 1.28 bits per heavy atom. The number of pyridine rings is 1. The normalized spacial score (nSPS) is 20.0. The van der Waals surface area contributed by atoms with E-state index in [0.717, 1.165) is 45.6 Å². The lowest BCUT2D eigenvalue weighted by Gasteiger charge is -2.30. The van der Waals surface area contributed by atoms with E-state index < -0.39 is 12.8 Å². The van der Waals surface area contributed by atoms with Gasteiger partial charge in [0.25, 0.3) is 0 Å². The van der Waals surface area contributed by atoms with E-state index in [0.29, 0.717) is 24.5 Å². The fraction of sp³-hybridized carbons (Fsp3) is 0.381. The SMILES string of the molecule is Cc1cc(Cc2nc3cnc4ccc(Cl)cc4c3n2C2CCO[C@H](CF)C2)no1. The molecule has 1 saturated heterocycles. The van der Waals surface area contributed by atoms with E-state index in [4.69, 9.17) is 25.8 Å². The van der Waals surface area contributed by atoms with Gasteiger partial charge in [0.15, 0.2) is 0 Å². The van der Waals surface area contributed by atoms with Crippen molar-refractivity contribution in [1.29, 1.82) is 0 Å². The van der Waals surface area contributed by atoms with Crippen molar-refractivity contribution in [3.8, 4) is 0 Å². The highest BCUT2D eigenvalue weighted by molar-refractivity contribution is 6.31. The summed E-state index contributed by atoms with van der Waals surface area (Å²) in [5.74, 6) is 1.61. The maximum Gasteiger partial charge on any atom is 0.133 e. The molecule has 4 aromatic rings. The van der Waals surface area contributed by atoms with Crippen LogP contribution in [-0.4, -0.2) is 39.1 Å². The zero-order chi connectivity index (χ0) is 20.0. The van der Waals surface area contributed by atoms with Gasteiger partial charge in [-0.25, -0.2) is 9.37 Å². The molecule has 3 aromatic heterocycles. The maximum absolute atomic E-state index is 13.4. The minimum absolute atomic E-state index is 0.0714. The molecule has 4 heterocycles. The molecule has 1 aromatic carbocycles. The lowest BCUT2D eigenvalue weighted by Crippen LogP contribution is -2.29. The summed E-state index contributed by atoms with van der Waals surface area (Å²) in [6, 6.07) is 7.63. The highest BCUT2D eigenvalue weighted by atomic mass is 35.5. The Morgan fingerprint density at radius 2 is 2.17 bits per heavy atom. The summed E-state index contributed by atoms with van der Waals surface area (Å²) >= 11 is 6.29. The first-order valence-corrected chi connectivity index (χ1v) is 10.0. The molecule has 0 saturated carbocycles. The number of imidazole rings is 1. The number of rotatable bonds is 4. The molecular weight excluding hydrogens is 395 g/mol. The molecule has 0 aliphatic carbocycles. The summed E-state index contributed by atoms with van der Waals surface area (Å²) in [7, 11) is 0. The Balaban J connectivity index is 1.72. The zero-order valence-electron chi connectivity index (χ0n) is 15.9. The number of benzene rings is 1. The summed E-state index contributed by atoms with van der Waals surface area (Å²) < 4.78 is 26.4. The first kappa shape index (κ1) is 18.5. The molecule has 1 aliphatic heterocycles. The quantitative estimate of drug-likeness (QED) is 0.479. The van der Waals surface area contributed by atoms with Crippen molar-refractivity contribution in [3.05, 3.63) is 52.8 Å². The number of aryl methyl sites for hydroxylation is 1. The third-order valence-corrected chi connectivity index (χ3v) is 5.68. The number of hydrogen-bond donors (Lipinski definition) is 0. The maximum atomic E-state index is 13.4. The van der Waals surface area contributed by atoms with E-state index in [-0.39, 0.29) is 6.04 Å². The summed E-state index contributed by atoms with van der Waals surface area (Å²) in [4.78, 5) is 9.40. The lowest BCUT2D eigenvalue weighted by molar-refractivity contribution is -0.0176. The molecule has 5 rings (SSSR count). The van der Waals surface area contributed by atoms with Crippen LogP contribution in [0.15, 0.2) is 35.0 Å². The van der Waals surface area contributed by atoms with Crippen molar-refractivity contribution in [2.24, 2.45) is 0 Å². The fourth-order valence-electron chi connectivity index (χ4n) is 4.18. The van der Waals surface area contributed by atoms with Crippen molar-refractivity contribution < 1.29 is 13.7 Å². The fourth-order valence-corrected chi connectivity index (χ4v) is 4.35. The van der Waals surface area contributed by atoms with Gasteiger partial charge in [0, 0.05) is 29.1 Å². The molecule has 1 aliphatic rings. The third-order valence-electron chi connectivity index (χ3n) is 5.44. The molecular formula is C21H20ClFN4O2. The van der Waals surface area contributed by atoms with Crippen LogP contribution < -0.4 is 0 Å². The number of aromatic nitrogens is 4. The predicted octanol–water partition coefficient (Wildman–Crippen LogP) is 4.81. The lowest BCUT2D eigenvalue weighted by atomic mass is 10.0. The van der Waals surface area contributed by atoms with Crippen molar-refractivity contribution in [1.82, 2.24) is 19.7 Å². The molecule has 8 heteroatoms. The topological polar surface area (TPSA) is 66.0 Å². The van der Waals surface area contributed by atoms with Crippen LogP contribution in [0, 0.1) is 6.92 Å². The smallest absolute Gasteiger partial charge is 0.133 e. The summed E-state index contributed by atoms with van der Waals surface area (Å²) in [5, 5.41) is 5.70. The van der Waals surface area contributed by atoms with Gasteiger partial charge < -0.3 is 13.8 Å². The van der Waals surface area contributed by atoms with E-state index in [2.05, 4.69) is 14.7 Å². The summed E-state index contributed by atoms with van der Waals surface area (Å²) in [6.45, 7) is 1.89. The first-order chi connectivity index (χ1) is 14.1. The van der Waals surface area contributed by atoms with Gasteiger partial charge in [-0.05, 0) is 38.0 Å². The molecule has 0 spiro atoms. The molecule has 0 radical (unpaired) electrons. The van der Waals surface area contributed by atoms with E-state index in [1.807, 2.05) is 31.2 Å². The van der Waals surface area contributed by atoms with Gasteiger partial charge in [0.1, 0.15) is 23.8 Å². The Hall–Kier alpha value is -2.51. The number of nitrogens with zero attached hydrogens (tertiary/aromatic N) is 4. The average Bonchev–Trinajstić information content (AvgIpc) is 3.31. The number of halogens is 2. The van der Waals surface area contributed by atoms with E-state index in [1.165, 1.54) is 0 Å². The minimum atomic E-state index is -0.491. The van der Waals surface area contributed by atoms with Crippen molar-refractivity contribution in [3.63, 3.8) is 0 Å². The second kappa shape index (κ2) is 7.39. The molecule has 150 valence electrons. The molecule has 1 unspecified atom stereocenters. The molecule has 0 amide bonds.